The van der Waals surface area contributed by atoms with E-state index in [0.717, 1.165) is 42.4 Å². The SMILES string of the molecule is CCCCCCCC1CC(NCc2ccc(F)cc2F)c2ccc(OC)cc2O1.Cl. The lowest BCUT2D eigenvalue weighted by Gasteiger charge is -2.33. The van der Waals surface area contributed by atoms with E-state index in [9.17, 15) is 8.78 Å². The minimum absolute atomic E-state index is 0. The molecule has 6 heteroatoms. The van der Waals surface area contributed by atoms with Crippen LogP contribution in [0.3, 0.4) is 0 Å². The maximum atomic E-state index is 14.0. The van der Waals surface area contributed by atoms with Crippen LogP contribution in [-0.2, 0) is 6.54 Å². The second-order valence-corrected chi connectivity index (χ2v) is 7.75. The average molecular weight is 440 g/mol. The van der Waals surface area contributed by atoms with Crippen LogP contribution in [0.4, 0.5) is 8.78 Å². The van der Waals surface area contributed by atoms with Crippen LogP contribution in [-0.4, -0.2) is 13.2 Å². The Morgan fingerprint density at radius 2 is 1.87 bits per heavy atom. The number of nitrogens with one attached hydrogen (secondary N) is 1. The summed E-state index contributed by atoms with van der Waals surface area (Å²) < 4.78 is 38.8. The largest absolute Gasteiger partial charge is 0.497 e. The van der Waals surface area contributed by atoms with Crippen LogP contribution < -0.4 is 14.8 Å². The first-order valence-electron chi connectivity index (χ1n) is 10.6. The van der Waals surface area contributed by atoms with Gasteiger partial charge in [-0.2, -0.15) is 0 Å². The summed E-state index contributed by atoms with van der Waals surface area (Å²) in [6.07, 6.45) is 8.09. The number of fused-ring (bicyclic) bond motifs is 1. The molecule has 1 N–H and O–H groups in total. The number of unbranched alkanes of at least 4 members (excludes halogenated alkanes) is 4. The van der Waals surface area contributed by atoms with E-state index < -0.39 is 11.6 Å². The van der Waals surface area contributed by atoms with E-state index in [0.29, 0.717) is 12.1 Å². The summed E-state index contributed by atoms with van der Waals surface area (Å²) in [7, 11) is 1.64. The third kappa shape index (κ3) is 6.58. The van der Waals surface area contributed by atoms with E-state index >= 15 is 0 Å². The van der Waals surface area contributed by atoms with Gasteiger partial charge in [-0.1, -0.05) is 44.7 Å². The van der Waals surface area contributed by atoms with Crippen LogP contribution in [0.5, 0.6) is 11.5 Å². The fourth-order valence-corrected chi connectivity index (χ4v) is 3.89. The average Bonchev–Trinajstić information content (AvgIpc) is 2.72. The molecule has 1 aliphatic heterocycles. The van der Waals surface area contributed by atoms with Gasteiger partial charge in [-0.25, -0.2) is 8.78 Å². The number of hydrogen-bond donors (Lipinski definition) is 1. The molecule has 2 unspecified atom stereocenters. The van der Waals surface area contributed by atoms with E-state index in [1.54, 1.807) is 7.11 Å². The van der Waals surface area contributed by atoms with Gasteiger partial charge in [-0.05, 0) is 25.0 Å². The molecule has 0 radical (unpaired) electrons. The van der Waals surface area contributed by atoms with Gasteiger partial charge in [0.25, 0.3) is 0 Å². The zero-order chi connectivity index (χ0) is 20.6. The quantitative estimate of drug-likeness (QED) is 0.416. The van der Waals surface area contributed by atoms with Crippen molar-refractivity contribution in [2.24, 2.45) is 0 Å². The molecule has 2 atom stereocenters. The molecule has 0 saturated heterocycles. The third-order valence-electron chi connectivity index (χ3n) is 5.57. The first-order chi connectivity index (χ1) is 14.1. The molecule has 30 heavy (non-hydrogen) atoms. The predicted octanol–water partition coefficient (Wildman–Crippen LogP) is 6.74. The first-order valence-corrected chi connectivity index (χ1v) is 10.6. The van der Waals surface area contributed by atoms with E-state index in [1.807, 2.05) is 18.2 Å². The summed E-state index contributed by atoms with van der Waals surface area (Å²) in [5.41, 5.74) is 1.51. The van der Waals surface area contributed by atoms with Crippen molar-refractivity contribution in [3.05, 3.63) is 59.2 Å². The predicted molar refractivity (Wildman–Crippen MR) is 119 cm³/mol. The topological polar surface area (TPSA) is 30.5 Å². The highest BCUT2D eigenvalue weighted by Crippen LogP contribution is 2.38. The Morgan fingerprint density at radius 3 is 2.60 bits per heavy atom. The lowest BCUT2D eigenvalue weighted by molar-refractivity contribution is 0.136. The standard InChI is InChI=1S/C24H31F2NO2.ClH/c1-3-4-5-6-7-8-20-14-23(21-12-11-19(28-2)15-24(21)29-20)27-16-17-9-10-18(25)13-22(17)26;/h9-13,15,20,23,27H,3-8,14,16H2,1-2H3;1H. The van der Waals surface area contributed by atoms with Crippen molar-refractivity contribution in [1.29, 1.82) is 0 Å². The summed E-state index contributed by atoms with van der Waals surface area (Å²) in [5.74, 6) is 0.506. The van der Waals surface area contributed by atoms with Gasteiger partial charge < -0.3 is 14.8 Å². The molecular weight excluding hydrogens is 408 g/mol. The molecular formula is C24H32ClF2NO2. The highest BCUT2D eigenvalue weighted by atomic mass is 35.5. The van der Waals surface area contributed by atoms with Gasteiger partial charge in [0.1, 0.15) is 29.2 Å². The van der Waals surface area contributed by atoms with Gasteiger partial charge in [0.05, 0.1) is 7.11 Å². The minimum Gasteiger partial charge on any atom is -0.497 e. The Morgan fingerprint density at radius 1 is 1.07 bits per heavy atom. The van der Waals surface area contributed by atoms with Crippen molar-refractivity contribution in [2.75, 3.05) is 7.11 Å². The lowest BCUT2D eigenvalue weighted by atomic mass is 9.93. The molecule has 0 spiro atoms. The molecule has 166 valence electrons. The molecule has 3 rings (SSSR count). The number of ether oxygens (including phenoxy) is 2. The van der Waals surface area contributed by atoms with Gasteiger partial charge in [0, 0.05) is 42.3 Å². The van der Waals surface area contributed by atoms with Crippen molar-refractivity contribution < 1.29 is 18.3 Å². The van der Waals surface area contributed by atoms with Crippen molar-refractivity contribution in [1.82, 2.24) is 5.32 Å². The molecule has 3 nitrogen and oxygen atoms in total. The van der Waals surface area contributed by atoms with Gasteiger partial charge in [-0.3, -0.25) is 0 Å². The monoisotopic (exact) mass is 439 g/mol. The minimum atomic E-state index is -0.558. The van der Waals surface area contributed by atoms with Crippen LogP contribution in [0.25, 0.3) is 0 Å². The van der Waals surface area contributed by atoms with Gasteiger partial charge in [0.15, 0.2) is 0 Å². The van der Waals surface area contributed by atoms with Gasteiger partial charge >= 0.3 is 0 Å². The van der Waals surface area contributed by atoms with Gasteiger partial charge in [0.2, 0.25) is 0 Å². The Hall–Kier alpha value is -1.85. The van der Waals surface area contributed by atoms with E-state index in [2.05, 4.69) is 12.2 Å². The highest BCUT2D eigenvalue weighted by molar-refractivity contribution is 5.85. The molecule has 0 fully saturated rings. The van der Waals surface area contributed by atoms with Crippen molar-refractivity contribution >= 4 is 12.4 Å². The summed E-state index contributed by atoms with van der Waals surface area (Å²) >= 11 is 0. The fourth-order valence-electron chi connectivity index (χ4n) is 3.89. The second-order valence-electron chi connectivity index (χ2n) is 7.75. The van der Waals surface area contributed by atoms with Crippen LogP contribution in [0.1, 0.15) is 69.0 Å². The molecule has 0 bridgehead atoms. The summed E-state index contributed by atoms with van der Waals surface area (Å²) in [4.78, 5) is 0. The molecule has 2 aromatic carbocycles. The number of halogens is 3. The Balaban J connectivity index is 0.00000320. The summed E-state index contributed by atoms with van der Waals surface area (Å²) in [5, 5.41) is 3.45. The molecule has 1 heterocycles. The smallest absolute Gasteiger partial charge is 0.130 e. The Kier molecular flexibility index (Phi) is 9.86. The second kappa shape index (κ2) is 12.1. The lowest BCUT2D eigenvalue weighted by Crippen LogP contribution is -2.33. The number of hydrogen-bond acceptors (Lipinski definition) is 3. The Bertz CT molecular complexity index is 803. The van der Waals surface area contributed by atoms with E-state index in [1.165, 1.54) is 37.8 Å². The summed E-state index contributed by atoms with van der Waals surface area (Å²) in [6.45, 7) is 2.56. The van der Waals surface area contributed by atoms with E-state index in [4.69, 9.17) is 9.47 Å². The molecule has 1 aliphatic rings. The highest BCUT2D eigenvalue weighted by Gasteiger charge is 2.28. The fraction of sp³-hybridized carbons (Fsp3) is 0.500. The number of benzene rings is 2. The Labute approximate surface area is 184 Å². The van der Waals surface area contributed by atoms with Crippen LogP contribution in [0, 0.1) is 11.6 Å². The molecule has 0 aliphatic carbocycles. The maximum absolute atomic E-state index is 14.0. The normalized spacial score (nSPS) is 17.6. The maximum Gasteiger partial charge on any atom is 0.130 e. The van der Waals surface area contributed by atoms with Crippen LogP contribution in [0.15, 0.2) is 36.4 Å². The van der Waals surface area contributed by atoms with Crippen LogP contribution >= 0.6 is 12.4 Å². The first kappa shape index (κ1) is 24.4. The van der Waals surface area contributed by atoms with Gasteiger partial charge in [-0.15, -0.1) is 12.4 Å². The molecule has 2 aromatic rings. The molecule has 0 aromatic heterocycles. The van der Waals surface area contributed by atoms with Crippen molar-refractivity contribution in [3.8, 4) is 11.5 Å². The van der Waals surface area contributed by atoms with E-state index in [-0.39, 0.29) is 24.6 Å². The zero-order valence-corrected chi connectivity index (χ0v) is 18.6. The van der Waals surface area contributed by atoms with Crippen LogP contribution in [0.2, 0.25) is 0 Å². The zero-order valence-electron chi connectivity index (χ0n) is 17.8. The summed E-state index contributed by atoms with van der Waals surface area (Å²) in [6, 6.07) is 9.61. The van der Waals surface area contributed by atoms with Crippen molar-refractivity contribution in [3.63, 3.8) is 0 Å². The number of rotatable bonds is 10. The van der Waals surface area contributed by atoms with Crippen molar-refractivity contribution in [2.45, 2.75) is 70.6 Å². The third-order valence-corrected chi connectivity index (χ3v) is 5.57. The number of methoxy groups -OCH3 is 1. The molecule has 0 saturated carbocycles. The molecule has 0 amide bonds.